The van der Waals surface area contributed by atoms with Crippen molar-refractivity contribution in [3.63, 3.8) is 0 Å². The van der Waals surface area contributed by atoms with Crippen molar-refractivity contribution in [2.24, 2.45) is 0 Å². The largest absolute Gasteiger partial charge is 0.498 e. The molecule has 1 aromatic heterocycles. The molecule has 0 N–H and O–H groups in total. The Morgan fingerprint density at radius 2 is 1.73 bits per heavy atom. The van der Waals surface area contributed by atoms with Gasteiger partial charge in [0.15, 0.2) is 0 Å². The van der Waals surface area contributed by atoms with E-state index in [1.807, 2.05) is 48.5 Å². The summed E-state index contributed by atoms with van der Waals surface area (Å²) in [4.78, 5) is 11.9. The van der Waals surface area contributed by atoms with E-state index in [2.05, 4.69) is 5.10 Å². The number of carbonyl (C=O) groups is 1. The summed E-state index contributed by atoms with van der Waals surface area (Å²) < 4.78 is 18.3. The molecule has 6 nitrogen and oxygen atoms in total. The van der Waals surface area contributed by atoms with Crippen molar-refractivity contribution in [1.29, 1.82) is 0 Å². The third kappa shape index (κ3) is 3.70. The molecule has 2 heterocycles. The van der Waals surface area contributed by atoms with Gasteiger partial charge in [-0.3, -0.25) is 0 Å². The Morgan fingerprint density at radius 3 is 2.18 bits per heavy atom. The molecule has 0 aromatic carbocycles. The van der Waals surface area contributed by atoms with Crippen molar-refractivity contribution in [2.45, 2.75) is 72.7 Å². The average molecular weight is 310 g/mol. The number of nitrogens with zero attached hydrogens (tertiary/aromatic N) is 2. The quantitative estimate of drug-likeness (QED) is 0.746. The molecule has 0 bridgehead atoms. The lowest BCUT2D eigenvalue weighted by Crippen LogP contribution is -2.41. The van der Waals surface area contributed by atoms with Crippen LogP contribution >= 0.6 is 0 Å². The van der Waals surface area contributed by atoms with Crippen LogP contribution in [-0.2, 0) is 14.0 Å². The first-order valence-electron chi connectivity index (χ1n) is 7.05. The number of hydrogen-bond donors (Lipinski definition) is 0. The Kier molecular flexibility index (Phi) is 4.85. The van der Waals surface area contributed by atoms with E-state index in [0.717, 1.165) is 4.68 Å². The highest BCUT2D eigenvalue weighted by Crippen LogP contribution is 2.36. The van der Waals surface area contributed by atoms with Crippen LogP contribution in [0.25, 0.3) is 0 Å². The summed E-state index contributed by atoms with van der Waals surface area (Å²) in [6.07, 6.45) is 2.62. The average Bonchev–Trinajstić information content (AvgIpc) is 2.80. The van der Waals surface area contributed by atoms with E-state index in [9.17, 15) is 4.79 Å². The highest BCUT2D eigenvalue weighted by molar-refractivity contribution is 6.62. The Hall–Kier alpha value is -1.34. The normalized spacial score (nSPS) is 19.7. The Morgan fingerprint density at radius 1 is 1.23 bits per heavy atom. The second-order valence-corrected chi connectivity index (χ2v) is 7.29. The van der Waals surface area contributed by atoms with Crippen molar-refractivity contribution in [3.8, 4) is 0 Å². The standard InChI is InChI=1S/C14H23BN2O4.CH4/c1-12(2,3)19-11(18)17-9-10(8-16-17)15-20-13(4,5)14(6,7)21-15;/h8-9H,1-7H3;1H4. The van der Waals surface area contributed by atoms with Crippen LogP contribution in [0.2, 0.25) is 0 Å². The van der Waals surface area contributed by atoms with Crippen LogP contribution in [0.1, 0.15) is 55.9 Å². The molecule has 22 heavy (non-hydrogen) atoms. The maximum atomic E-state index is 11.9. The maximum absolute atomic E-state index is 11.9. The molecule has 1 fully saturated rings. The van der Waals surface area contributed by atoms with Gasteiger partial charge in [0.1, 0.15) is 5.60 Å². The highest BCUT2D eigenvalue weighted by Gasteiger charge is 2.52. The van der Waals surface area contributed by atoms with E-state index in [-0.39, 0.29) is 7.43 Å². The van der Waals surface area contributed by atoms with Gasteiger partial charge >= 0.3 is 13.2 Å². The Labute approximate surface area is 133 Å². The fourth-order valence-electron chi connectivity index (χ4n) is 1.85. The summed E-state index contributed by atoms with van der Waals surface area (Å²) >= 11 is 0. The summed E-state index contributed by atoms with van der Waals surface area (Å²) in [5, 5.41) is 4.02. The van der Waals surface area contributed by atoms with Crippen molar-refractivity contribution in [3.05, 3.63) is 12.4 Å². The predicted molar refractivity (Wildman–Crippen MR) is 86.3 cm³/mol. The molecule has 1 aliphatic heterocycles. The Balaban J connectivity index is 0.00000242. The van der Waals surface area contributed by atoms with Crippen LogP contribution in [0, 0.1) is 0 Å². The number of hydrogen-bond acceptors (Lipinski definition) is 5. The Bertz CT molecular complexity index is 530. The van der Waals surface area contributed by atoms with Crippen LogP contribution in [0.5, 0.6) is 0 Å². The molecule has 7 heteroatoms. The van der Waals surface area contributed by atoms with Crippen LogP contribution in [0.15, 0.2) is 12.4 Å². The molecular weight excluding hydrogens is 283 g/mol. The zero-order chi connectivity index (χ0) is 16.1. The molecule has 0 amide bonds. The van der Waals surface area contributed by atoms with Gasteiger partial charge < -0.3 is 14.0 Å². The lowest BCUT2D eigenvalue weighted by atomic mass is 9.82. The van der Waals surface area contributed by atoms with Gasteiger partial charge in [-0.2, -0.15) is 9.78 Å². The third-order valence-electron chi connectivity index (χ3n) is 3.71. The predicted octanol–water partition coefficient (Wildman–Crippen LogP) is 2.60. The van der Waals surface area contributed by atoms with E-state index in [0.29, 0.717) is 5.46 Å². The lowest BCUT2D eigenvalue weighted by Gasteiger charge is -2.32. The molecular formula is C15H27BN2O4. The molecule has 0 atom stereocenters. The van der Waals surface area contributed by atoms with Crippen molar-refractivity contribution in [2.75, 3.05) is 0 Å². The summed E-state index contributed by atoms with van der Waals surface area (Å²) in [6.45, 7) is 13.3. The van der Waals surface area contributed by atoms with Gasteiger partial charge in [-0.1, -0.05) is 7.43 Å². The summed E-state index contributed by atoms with van der Waals surface area (Å²) in [5.41, 5.74) is -0.718. The fraction of sp³-hybridized carbons (Fsp3) is 0.733. The first kappa shape index (κ1) is 18.7. The van der Waals surface area contributed by atoms with Gasteiger partial charge in [-0.05, 0) is 48.5 Å². The summed E-state index contributed by atoms with van der Waals surface area (Å²) in [7, 11) is -0.536. The number of rotatable bonds is 1. The van der Waals surface area contributed by atoms with Crippen molar-refractivity contribution < 1.29 is 18.8 Å². The monoisotopic (exact) mass is 310 g/mol. The number of ether oxygens (including phenoxy) is 1. The lowest BCUT2D eigenvalue weighted by molar-refractivity contribution is 0.00578. The molecule has 0 spiro atoms. The molecule has 2 rings (SSSR count). The van der Waals surface area contributed by atoms with Gasteiger partial charge in [0.2, 0.25) is 0 Å². The van der Waals surface area contributed by atoms with Gasteiger partial charge in [0.05, 0.1) is 11.2 Å². The van der Waals surface area contributed by atoms with Crippen LogP contribution < -0.4 is 5.46 Å². The summed E-state index contributed by atoms with van der Waals surface area (Å²) in [6, 6.07) is 0. The summed E-state index contributed by atoms with van der Waals surface area (Å²) in [5.74, 6) is 0. The van der Waals surface area contributed by atoms with Crippen molar-refractivity contribution >= 4 is 18.7 Å². The fourth-order valence-corrected chi connectivity index (χ4v) is 1.85. The van der Waals surface area contributed by atoms with Gasteiger partial charge in [0.25, 0.3) is 0 Å². The van der Waals surface area contributed by atoms with E-state index >= 15 is 0 Å². The van der Waals surface area contributed by atoms with E-state index < -0.39 is 30.0 Å². The van der Waals surface area contributed by atoms with Crippen molar-refractivity contribution in [1.82, 2.24) is 9.78 Å². The molecule has 0 radical (unpaired) electrons. The minimum atomic E-state index is -0.562. The number of aromatic nitrogens is 2. The third-order valence-corrected chi connectivity index (χ3v) is 3.71. The van der Waals surface area contributed by atoms with E-state index in [1.54, 1.807) is 12.4 Å². The topological polar surface area (TPSA) is 62.6 Å². The smallest absolute Gasteiger partial charge is 0.442 e. The zero-order valence-electron chi connectivity index (χ0n) is 13.8. The molecule has 124 valence electrons. The minimum Gasteiger partial charge on any atom is -0.442 e. The van der Waals surface area contributed by atoms with Gasteiger partial charge in [-0.25, -0.2) is 4.79 Å². The van der Waals surface area contributed by atoms with E-state index in [1.165, 1.54) is 0 Å². The van der Waals surface area contributed by atoms with Crippen LogP contribution in [0.3, 0.4) is 0 Å². The first-order valence-corrected chi connectivity index (χ1v) is 7.05. The van der Waals surface area contributed by atoms with Crippen LogP contribution in [0.4, 0.5) is 4.79 Å². The highest BCUT2D eigenvalue weighted by atomic mass is 16.7. The maximum Gasteiger partial charge on any atom is 0.498 e. The molecule has 1 aliphatic rings. The molecule has 1 saturated heterocycles. The SMILES string of the molecule is C.CC(C)(C)OC(=O)n1cc(B2OC(C)(C)C(C)(C)O2)cn1. The second-order valence-electron chi connectivity index (χ2n) is 7.29. The second kappa shape index (κ2) is 5.70. The first-order chi connectivity index (χ1) is 9.41. The molecule has 0 unspecified atom stereocenters. The molecule has 0 saturated carbocycles. The van der Waals surface area contributed by atoms with Gasteiger partial charge in [-0.15, -0.1) is 0 Å². The van der Waals surface area contributed by atoms with Crippen LogP contribution in [-0.4, -0.2) is 39.8 Å². The van der Waals surface area contributed by atoms with Gasteiger partial charge in [0, 0.05) is 17.9 Å². The van der Waals surface area contributed by atoms with E-state index in [4.69, 9.17) is 14.0 Å². The zero-order valence-corrected chi connectivity index (χ0v) is 13.8. The minimum absolute atomic E-state index is 0. The molecule has 1 aromatic rings. The molecule has 0 aliphatic carbocycles. The number of carbonyl (C=O) groups excluding carboxylic acids is 1.